The standard InChI is InChI=1S/C38H48Cl2N2O9/c1-49-17-16-42(21-32(44)36(47)37(48)33(45)22-43)35(46)9-5-2-6-24-18-31(40)25(19-30(24)39)23-50-38(13-14-38)29-20-41-15-12-27(29)28-7-3-4-8-34(28)51-26-10-11-26/h3-4,7-8,12,15,18-20,26,32-33,36-37,43-45,47-48H,2,5-6,9-11,13-14,16-17,21-23H2,1H3. The average molecular weight is 748 g/mol. The second kappa shape index (κ2) is 18.3. The lowest BCUT2D eigenvalue weighted by molar-refractivity contribution is -0.140. The summed E-state index contributed by atoms with van der Waals surface area (Å²) in [7, 11) is 1.48. The topological polar surface area (TPSA) is 162 Å². The number of halogens is 2. The van der Waals surface area contributed by atoms with E-state index in [1.807, 2.05) is 42.6 Å². The first-order chi connectivity index (χ1) is 24.6. The van der Waals surface area contributed by atoms with Crippen LogP contribution in [0.25, 0.3) is 11.1 Å². The number of pyridine rings is 1. The zero-order valence-corrected chi connectivity index (χ0v) is 30.3. The lowest BCUT2D eigenvalue weighted by atomic mass is 9.96. The van der Waals surface area contributed by atoms with Crippen molar-refractivity contribution in [2.75, 3.05) is 33.4 Å². The fraction of sp³-hybridized carbons (Fsp3) is 0.526. The maximum absolute atomic E-state index is 13.0. The summed E-state index contributed by atoms with van der Waals surface area (Å²) in [5.41, 5.74) is 4.24. The minimum atomic E-state index is -1.78. The Kier molecular flexibility index (Phi) is 14.1. The van der Waals surface area contributed by atoms with Crippen LogP contribution in [0.5, 0.6) is 5.75 Å². The van der Waals surface area contributed by atoms with E-state index < -0.39 is 36.6 Å². The van der Waals surface area contributed by atoms with Crippen molar-refractivity contribution in [3.05, 3.63) is 81.6 Å². The summed E-state index contributed by atoms with van der Waals surface area (Å²) in [5, 5.41) is 50.3. The van der Waals surface area contributed by atoms with Gasteiger partial charge in [-0.15, -0.1) is 0 Å². The summed E-state index contributed by atoms with van der Waals surface area (Å²) >= 11 is 13.5. The first-order valence-corrected chi connectivity index (χ1v) is 18.2. The van der Waals surface area contributed by atoms with Crippen molar-refractivity contribution in [3.63, 3.8) is 0 Å². The summed E-state index contributed by atoms with van der Waals surface area (Å²) in [6, 6.07) is 13.8. The number of methoxy groups -OCH3 is 1. The molecule has 0 spiro atoms. The Bertz CT molecular complexity index is 1600. The third-order valence-electron chi connectivity index (χ3n) is 9.47. The van der Waals surface area contributed by atoms with E-state index >= 15 is 0 Å². The lowest BCUT2D eigenvalue weighted by Crippen LogP contribution is -2.51. The molecule has 11 nitrogen and oxygen atoms in total. The highest BCUT2D eigenvalue weighted by atomic mass is 35.5. The number of aliphatic hydroxyl groups excluding tert-OH is 5. The summed E-state index contributed by atoms with van der Waals surface area (Å²) in [4.78, 5) is 18.8. The van der Waals surface area contributed by atoms with E-state index in [0.717, 1.165) is 59.3 Å². The molecular weight excluding hydrogens is 699 g/mol. The van der Waals surface area contributed by atoms with Crippen molar-refractivity contribution in [2.24, 2.45) is 0 Å². The van der Waals surface area contributed by atoms with Crippen LogP contribution in [0.3, 0.4) is 0 Å². The molecule has 2 aromatic carbocycles. The number of aryl methyl sites for hydroxylation is 1. The van der Waals surface area contributed by atoms with Gasteiger partial charge >= 0.3 is 0 Å². The maximum atomic E-state index is 13.0. The van der Waals surface area contributed by atoms with Gasteiger partial charge in [-0.25, -0.2) is 0 Å². The third-order valence-corrected chi connectivity index (χ3v) is 10.2. The highest BCUT2D eigenvalue weighted by Crippen LogP contribution is 2.53. The van der Waals surface area contributed by atoms with Gasteiger partial charge < -0.3 is 44.6 Å². The van der Waals surface area contributed by atoms with Gasteiger partial charge in [0.25, 0.3) is 0 Å². The molecule has 13 heteroatoms. The number of benzene rings is 2. The molecule has 5 rings (SSSR count). The van der Waals surface area contributed by atoms with Crippen molar-refractivity contribution in [3.8, 4) is 16.9 Å². The molecule has 278 valence electrons. The fourth-order valence-electron chi connectivity index (χ4n) is 6.07. The van der Waals surface area contributed by atoms with Gasteiger partial charge in [0, 0.05) is 60.2 Å². The number of rotatable bonds is 21. The number of ether oxygens (including phenoxy) is 3. The molecule has 2 aliphatic rings. The van der Waals surface area contributed by atoms with Crippen molar-refractivity contribution < 1.29 is 44.5 Å². The molecule has 1 amide bonds. The van der Waals surface area contributed by atoms with Gasteiger partial charge in [0.05, 0.1) is 31.5 Å². The van der Waals surface area contributed by atoms with Gasteiger partial charge in [-0.05, 0) is 85.9 Å². The van der Waals surface area contributed by atoms with E-state index in [1.165, 1.54) is 12.0 Å². The SMILES string of the molecule is COCCN(CC(O)C(O)C(O)C(O)CO)C(=O)CCCCc1cc(Cl)c(COC2(c3cnccc3-c3ccccc3OC3CC3)CC2)cc1Cl. The number of carbonyl (C=O) groups excluding carboxylic acids is 1. The van der Waals surface area contributed by atoms with Crippen LogP contribution >= 0.6 is 23.2 Å². The molecule has 51 heavy (non-hydrogen) atoms. The Morgan fingerprint density at radius 3 is 2.39 bits per heavy atom. The molecule has 0 aliphatic heterocycles. The Morgan fingerprint density at radius 1 is 0.980 bits per heavy atom. The van der Waals surface area contributed by atoms with E-state index in [9.17, 15) is 25.2 Å². The number of hydrogen-bond acceptors (Lipinski definition) is 10. The number of aliphatic hydroxyl groups is 5. The Hall–Kier alpha value is -2.84. The predicted octanol–water partition coefficient (Wildman–Crippen LogP) is 4.43. The van der Waals surface area contributed by atoms with Crippen LogP contribution in [0.2, 0.25) is 10.0 Å². The molecule has 4 atom stereocenters. The first kappa shape index (κ1) is 39.4. The van der Waals surface area contributed by atoms with E-state index in [0.29, 0.717) is 29.3 Å². The summed E-state index contributed by atoms with van der Waals surface area (Å²) in [6.45, 7) is -0.434. The molecular formula is C38H48Cl2N2O9. The molecule has 4 unspecified atom stereocenters. The number of aromatic nitrogens is 1. The second-order valence-corrected chi connectivity index (χ2v) is 14.2. The minimum Gasteiger partial charge on any atom is -0.490 e. The van der Waals surface area contributed by atoms with Crippen LogP contribution in [-0.2, 0) is 32.9 Å². The van der Waals surface area contributed by atoms with Crippen molar-refractivity contribution in [1.82, 2.24) is 9.88 Å². The number of carbonyl (C=O) groups is 1. The molecule has 2 fully saturated rings. The molecule has 2 saturated carbocycles. The van der Waals surface area contributed by atoms with E-state index in [4.69, 9.17) is 42.5 Å². The normalized spacial score (nSPS) is 17.4. The Labute approximate surface area is 308 Å². The van der Waals surface area contributed by atoms with Crippen LogP contribution in [0, 0.1) is 0 Å². The van der Waals surface area contributed by atoms with Gasteiger partial charge in [0.1, 0.15) is 30.2 Å². The van der Waals surface area contributed by atoms with Crippen LogP contribution in [0.1, 0.15) is 61.6 Å². The van der Waals surface area contributed by atoms with Gasteiger partial charge in [0.2, 0.25) is 5.91 Å². The number of nitrogens with zero attached hydrogens (tertiary/aromatic N) is 2. The van der Waals surface area contributed by atoms with Crippen LogP contribution in [-0.4, -0.2) is 105 Å². The van der Waals surface area contributed by atoms with Gasteiger partial charge in [-0.1, -0.05) is 41.4 Å². The van der Waals surface area contributed by atoms with Crippen LogP contribution in [0.4, 0.5) is 0 Å². The lowest BCUT2D eigenvalue weighted by Gasteiger charge is -2.30. The maximum Gasteiger partial charge on any atom is 0.222 e. The fourth-order valence-corrected chi connectivity index (χ4v) is 6.59. The Balaban J connectivity index is 1.15. The monoisotopic (exact) mass is 746 g/mol. The van der Waals surface area contributed by atoms with Crippen molar-refractivity contribution in [2.45, 2.75) is 94.1 Å². The van der Waals surface area contributed by atoms with Gasteiger partial charge in [-0.2, -0.15) is 0 Å². The van der Waals surface area contributed by atoms with E-state index in [1.54, 1.807) is 6.20 Å². The summed E-state index contributed by atoms with van der Waals surface area (Å²) in [6.07, 6.45) is 3.03. The van der Waals surface area contributed by atoms with Crippen LogP contribution in [0.15, 0.2) is 54.9 Å². The molecule has 0 saturated heterocycles. The summed E-state index contributed by atoms with van der Waals surface area (Å²) in [5.74, 6) is 0.601. The zero-order valence-electron chi connectivity index (χ0n) is 28.8. The molecule has 2 aliphatic carbocycles. The molecule has 3 aromatic rings. The smallest absolute Gasteiger partial charge is 0.222 e. The minimum absolute atomic E-state index is 0.161. The number of para-hydroxylation sites is 1. The highest BCUT2D eigenvalue weighted by Gasteiger charge is 2.48. The number of hydrogen-bond donors (Lipinski definition) is 5. The van der Waals surface area contributed by atoms with Crippen LogP contribution < -0.4 is 4.74 Å². The third kappa shape index (κ3) is 10.4. The highest BCUT2D eigenvalue weighted by molar-refractivity contribution is 6.34. The second-order valence-electron chi connectivity index (χ2n) is 13.4. The number of unbranched alkanes of at least 4 members (excludes halogenated alkanes) is 1. The van der Waals surface area contributed by atoms with Gasteiger partial charge in [-0.3, -0.25) is 9.78 Å². The molecule has 0 radical (unpaired) electrons. The summed E-state index contributed by atoms with van der Waals surface area (Å²) < 4.78 is 17.9. The van der Waals surface area contributed by atoms with E-state index in [-0.39, 0.29) is 44.7 Å². The Morgan fingerprint density at radius 2 is 1.69 bits per heavy atom. The average Bonchev–Trinajstić information content (AvgIpc) is 4.09. The first-order valence-electron chi connectivity index (χ1n) is 17.5. The molecule has 5 N–H and O–H groups in total. The molecule has 1 aromatic heterocycles. The molecule has 0 bridgehead atoms. The zero-order chi connectivity index (χ0) is 36.5. The molecule has 1 heterocycles. The largest absolute Gasteiger partial charge is 0.490 e. The van der Waals surface area contributed by atoms with Gasteiger partial charge in [0.15, 0.2) is 0 Å². The quantitative estimate of drug-likeness (QED) is 0.0987. The predicted molar refractivity (Wildman–Crippen MR) is 193 cm³/mol. The van der Waals surface area contributed by atoms with E-state index in [2.05, 4.69) is 11.1 Å². The number of amides is 1. The van der Waals surface area contributed by atoms with Crippen molar-refractivity contribution in [1.29, 1.82) is 0 Å². The van der Waals surface area contributed by atoms with Crippen molar-refractivity contribution >= 4 is 29.1 Å².